The Labute approximate surface area is 119 Å². The van der Waals surface area contributed by atoms with Crippen molar-refractivity contribution >= 4 is 23.2 Å². The van der Waals surface area contributed by atoms with Gasteiger partial charge >= 0.3 is 0 Å². The Morgan fingerprint density at radius 3 is 2.47 bits per heavy atom. The first-order chi connectivity index (χ1) is 9.00. The van der Waals surface area contributed by atoms with Crippen molar-refractivity contribution in [2.24, 2.45) is 0 Å². The van der Waals surface area contributed by atoms with E-state index in [9.17, 15) is 13.9 Å². The average Bonchev–Trinajstić information content (AvgIpc) is 2.38. The molecule has 0 aliphatic heterocycles. The molecule has 2 aromatic rings. The summed E-state index contributed by atoms with van der Waals surface area (Å²) in [5, 5.41) is 9.86. The van der Waals surface area contributed by atoms with Crippen LogP contribution in [-0.4, -0.2) is 5.11 Å². The van der Waals surface area contributed by atoms with Crippen LogP contribution in [0.25, 0.3) is 0 Å². The molecule has 0 amide bonds. The lowest BCUT2D eigenvalue weighted by Crippen LogP contribution is -2.05. The number of halogens is 4. The Balaban J connectivity index is 2.28. The normalized spacial score (nSPS) is 12.5. The van der Waals surface area contributed by atoms with Gasteiger partial charge in [0.05, 0.1) is 16.1 Å². The van der Waals surface area contributed by atoms with E-state index in [0.717, 1.165) is 0 Å². The summed E-state index contributed by atoms with van der Waals surface area (Å²) in [5.41, 5.74) is 0.473. The van der Waals surface area contributed by atoms with Gasteiger partial charge < -0.3 is 5.11 Å². The molecule has 100 valence electrons. The summed E-state index contributed by atoms with van der Waals surface area (Å²) in [5.74, 6) is -1.21. The van der Waals surface area contributed by atoms with Crippen LogP contribution in [0.1, 0.15) is 17.2 Å². The van der Waals surface area contributed by atoms with E-state index in [1.165, 1.54) is 30.3 Å². The molecule has 0 spiro atoms. The predicted octanol–water partition coefficient (Wildman–Crippen LogP) is 4.55. The van der Waals surface area contributed by atoms with Gasteiger partial charge in [0, 0.05) is 12.0 Å². The molecule has 5 heteroatoms. The van der Waals surface area contributed by atoms with Crippen LogP contribution >= 0.6 is 23.2 Å². The van der Waals surface area contributed by atoms with Gasteiger partial charge in [0.25, 0.3) is 0 Å². The second-order valence-electron chi connectivity index (χ2n) is 4.08. The van der Waals surface area contributed by atoms with Crippen LogP contribution in [0.2, 0.25) is 10.0 Å². The van der Waals surface area contributed by atoms with Crippen molar-refractivity contribution in [3.05, 3.63) is 69.2 Å². The van der Waals surface area contributed by atoms with E-state index in [-0.39, 0.29) is 27.6 Å². The zero-order valence-electron chi connectivity index (χ0n) is 9.71. The van der Waals surface area contributed by atoms with Gasteiger partial charge in [0.2, 0.25) is 0 Å². The van der Waals surface area contributed by atoms with Gasteiger partial charge in [-0.1, -0.05) is 47.5 Å². The van der Waals surface area contributed by atoms with E-state index in [4.69, 9.17) is 23.2 Å². The number of hydrogen-bond acceptors (Lipinski definition) is 1. The molecule has 0 saturated carbocycles. The van der Waals surface area contributed by atoms with Crippen molar-refractivity contribution in [1.82, 2.24) is 0 Å². The first-order valence-corrected chi connectivity index (χ1v) is 6.31. The van der Waals surface area contributed by atoms with Gasteiger partial charge in [-0.3, -0.25) is 0 Å². The van der Waals surface area contributed by atoms with Gasteiger partial charge in [-0.05, 0) is 17.7 Å². The second-order valence-corrected chi connectivity index (χ2v) is 4.86. The van der Waals surface area contributed by atoms with Crippen LogP contribution in [0.3, 0.4) is 0 Å². The summed E-state index contributed by atoms with van der Waals surface area (Å²) in [7, 11) is 0. The quantitative estimate of drug-likeness (QED) is 0.882. The molecule has 2 rings (SSSR count). The molecule has 0 aromatic heterocycles. The molecule has 0 aliphatic carbocycles. The van der Waals surface area contributed by atoms with Gasteiger partial charge in [-0.2, -0.15) is 0 Å². The predicted molar refractivity (Wildman–Crippen MR) is 71.5 cm³/mol. The molecule has 1 unspecified atom stereocenters. The summed E-state index contributed by atoms with van der Waals surface area (Å²) in [6.07, 6.45) is -1.13. The fourth-order valence-corrected chi connectivity index (χ4v) is 2.25. The number of aliphatic hydroxyl groups excluding tert-OH is 1. The number of aliphatic hydroxyl groups is 1. The summed E-state index contributed by atoms with van der Waals surface area (Å²) in [4.78, 5) is 0. The fourth-order valence-electron chi connectivity index (χ4n) is 1.80. The highest BCUT2D eigenvalue weighted by Crippen LogP contribution is 2.29. The van der Waals surface area contributed by atoms with Crippen LogP contribution < -0.4 is 0 Å². The Bertz CT molecular complexity index is 602. The van der Waals surface area contributed by atoms with Gasteiger partial charge in [-0.15, -0.1) is 0 Å². The molecule has 0 radical (unpaired) electrons. The Morgan fingerprint density at radius 1 is 1.05 bits per heavy atom. The van der Waals surface area contributed by atoms with E-state index < -0.39 is 17.7 Å². The van der Waals surface area contributed by atoms with Gasteiger partial charge in [-0.25, -0.2) is 8.78 Å². The number of hydrogen-bond donors (Lipinski definition) is 1. The van der Waals surface area contributed by atoms with Crippen LogP contribution in [-0.2, 0) is 6.42 Å². The Kier molecular flexibility index (Phi) is 4.40. The number of rotatable bonds is 3. The third-order valence-electron chi connectivity index (χ3n) is 2.79. The first kappa shape index (κ1) is 14.3. The standard InChI is InChI=1S/C14H10Cl2F2O/c15-10-5-1-3-8(14(10)18)7-12(19)9-4-2-6-11(17)13(9)16/h1-6,12,19H,7H2. The molecule has 0 bridgehead atoms. The van der Waals surface area contributed by atoms with E-state index in [1.54, 1.807) is 6.07 Å². The minimum Gasteiger partial charge on any atom is -0.388 e. The minimum atomic E-state index is -1.10. The van der Waals surface area contributed by atoms with Gasteiger partial charge in [0.1, 0.15) is 11.6 Å². The van der Waals surface area contributed by atoms with E-state index >= 15 is 0 Å². The first-order valence-electron chi connectivity index (χ1n) is 5.55. The molecule has 19 heavy (non-hydrogen) atoms. The second kappa shape index (κ2) is 5.87. The largest absolute Gasteiger partial charge is 0.388 e. The van der Waals surface area contributed by atoms with Gasteiger partial charge in [0.15, 0.2) is 0 Å². The molecule has 1 nitrogen and oxygen atoms in total. The molecule has 1 N–H and O–H groups in total. The molecular formula is C14H10Cl2F2O. The van der Waals surface area contributed by atoms with Crippen molar-refractivity contribution in [2.75, 3.05) is 0 Å². The Hall–Kier alpha value is -1.16. The highest BCUT2D eigenvalue weighted by molar-refractivity contribution is 6.31. The van der Waals surface area contributed by atoms with E-state index in [0.29, 0.717) is 0 Å². The van der Waals surface area contributed by atoms with Crippen molar-refractivity contribution in [1.29, 1.82) is 0 Å². The summed E-state index contributed by atoms with van der Waals surface area (Å²) < 4.78 is 27.0. The zero-order chi connectivity index (χ0) is 14.0. The van der Waals surface area contributed by atoms with Crippen LogP contribution in [0, 0.1) is 11.6 Å². The maximum atomic E-state index is 13.7. The smallest absolute Gasteiger partial charge is 0.145 e. The van der Waals surface area contributed by atoms with Crippen molar-refractivity contribution in [3.63, 3.8) is 0 Å². The van der Waals surface area contributed by atoms with Crippen LogP contribution in [0.15, 0.2) is 36.4 Å². The highest BCUT2D eigenvalue weighted by Gasteiger charge is 2.17. The molecule has 0 aliphatic rings. The third-order valence-corrected chi connectivity index (χ3v) is 3.48. The van der Waals surface area contributed by atoms with Crippen molar-refractivity contribution in [3.8, 4) is 0 Å². The average molecular weight is 303 g/mol. The lowest BCUT2D eigenvalue weighted by atomic mass is 10.0. The van der Waals surface area contributed by atoms with Crippen molar-refractivity contribution in [2.45, 2.75) is 12.5 Å². The molecule has 2 aromatic carbocycles. The molecular weight excluding hydrogens is 293 g/mol. The Morgan fingerprint density at radius 2 is 1.74 bits per heavy atom. The van der Waals surface area contributed by atoms with E-state index in [2.05, 4.69) is 0 Å². The summed E-state index contributed by atoms with van der Waals surface area (Å²) >= 11 is 11.4. The third kappa shape index (κ3) is 3.06. The maximum absolute atomic E-state index is 13.7. The minimum absolute atomic E-state index is 0.0185. The SMILES string of the molecule is OC(Cc1cccc(Cl)c1F)c1cccc(F)c1Cl. The molecule has 0 saturated heterocycles. The highest BCUT2D eigenvalue weighted by atomic mass is 35.5. The maximum Gasteiger partial charge on any atom is 0.145 e. The molecule has 1 atom stereocenters. The molecule has 0 heterocycles. The topological polar surface area (TPSA) is 20.2 Å². The van der Waals surface area contributed by atoms with Crippen molar-refractivity contribution < 1.29 is 13.9 Å². The van der Waals surface area contributed by atoms with Crippen LogP contribution in [0.5, 0.6) is 0 Å². The lowest BCUT2D eigenvalue weighted by Gasteiger charge is -2.14. The summed E-state index contributed by atoms with van der Waals surface area (Å²) in [6.45, 7) is 0. The monoisotopic (exact) mass is 302 g/mol. The van der Waals surface area contributed by atoms with E-state index in [1.807, 2.05) is 0 Å². The summed E-state index contributed by atoms with van der Waals surface area (Å²) in [6, 6.07) is 8.64. The molecule has 0 fully saturated rings. The zero-order valence-corrected chi connectivity index (χ0v) is 11.2. The van der Waals surface area contributed by atoms with Crippen LogP contribution in [0.4, 0.5) is 8.78 Å². The fraction of sp³-hybridized carbons (Fsp3) is 0.143. The lowest BCUT2D eigenvalue weighted by molar-refractivity contribution is 0.177. The number of benzene rings is 2.